The number of nitrogens with one attached hydrogen (secondary N) is 1. The third-order valence-electron chi connectivity index (χ3n) is 3.25. The molecule has 0 unspecified atom stereocenters. The van der Waals surface area contributed by atoms with E-state index in [4.69, 9.17) is 5.11 Å². The van der Waals surface area contributed by atoms with Gasteiger partial charge in [-0.15, -0.1) is 0 Å². The molecule has 88 valence electrons. The van der Waals surface area contributed by atoms with Gasteiger partial charge in [-0.25, -0.2) is 8.78 Å². The average molecular weight is 227 g/mol. The zero-order chi connectivity index (χ0) is 11.8. The summed E-state index contributed by atoms with van der Waals surface area (Å²) in [6.45, 7) is 2.52. The molecule has 0 radical (unpaired) electrons. The first kappa shape index (κ1) is 11.3. The molecule has 0 atom stereocenters. The van der Waals surface area contributed by atoms with E-state index in [0.717, 1.165) is 25.0 Å². The molecule has 0 spiro atoms. The highest BCUT2D eigenvalue weighted by Crippen LogP contribution is 2.31. The van der Waals surface area contributed by atoms with Crippen LogP contribution in [0.15, 0.2) is 12.1 Å². The number of hydrogen-bond acceptors (Lipinski definition) is 2. The summed E-state index contributed by atoms with van der Waals surface area (Å²) in [5, 5.41) is 12.2. The van der Waals surface area contributed by atoms with Crippen LogP contribution >= 0.6 is 0 Å². The molecule has 16 heavy (non-hydrogen) atoms. The van der Waals surface area contributed by atoms with Gasteiger partial charge in [0, 0.05) is 12.1 Å². The maximum absolute atomic E-state index is 13.0. The Kier molecular flexibility index (Phi) is 2.84. The molecule has 0 amide bonds. The van der Waals surface area contributed by atoms with E-state index >= 15 is 0 Å². The lowest BCUT2D eigenvalue weighted by atomic mass is 9.78. The van der Waals surface area contributed by atoms with Gasteiger partial charge >= 0.3 is 0 Å². The van der Waals surface area contributed by atoms with Gasteiger partial charge < -0.3 is 10.4 Å². The normalized spacial score (nSPS) is 18.2. The van der Waals surface area contributed by atoms with Gasteiger partial charge in [0.15, 0.2) is 17.4 Å². The SMILES string of the molecule is CC1(NCc2cc(F)c(O)c(F)c2)CCC1. The van der Waals surface area contributed by atoms with Crippen LogP contribution in [-0.2, 0) is 6.54 Å². The summed E-state index contributed by atoms with van der Waals surface area (Å²) in [7, 11) is 0. The van der Waals surface area contributed by atoms with E-state index < -0.39 is 17.4 Å². The molecule has 2 N–H and O–H groups in total. The Morgan fingerprint density at radius 1 is 1.31 bits per heavy atom. The Morgan fingerprint density at radius 2 is 1.88 bits per heavy atom. The molecule has 4 heteroatoms. The minimum Gasteiger partial charge on any atom is -0.503 e. The predicted molar refractivity (Wildman–Crippen MR) is 57.1 cm³/mol. The summed E-state index contributed by atoms with van der Waals surface area (Å²) >= 11 is 0. The van der Waals surface area contributed by atoms with Crippen LogP contribution in [0.4, 0.5) is 8.78 Å². The van der Waals surface area contributed by atoms with Crippen molar-refractivity contribution in [3.05, 3.63) is 29.3 Å². The van der Waals surface area contributed by atoms with Crippen molar-refractivity contribution in [3.63, 3.8) is 0 Å². The standard InChI is InChI=1S/C12H15F2NO/c1-12(3-2-4-12)15-7-8-5-9(13)11(16)10(14)6-8/h5-6,15-16H,2-4,7H2,1H3. The fraction of sp³-hybridized carbons (Fsp3) is 0.500. The molecule has 1 aromatic carbocycles. The topological polar surface area (TPSA) is 32.3 Å². The molecule has 1 fully saturated rings. The van der Waals surface area contributed by atoms with Gasteiger partial charge in [0.05, 0.1) is 0 Å². The molecule has 1 aliphatic rings. The Balaban J connectivity index is 2.04. The number of rotatable bonds is 3. The van der Waals surface area contributed by atoms with E-state index in [9.17, 15) is 8.78 Å². The molecule has 0 saturated heterocycles. The van der Waals surface area contributed by atoms with Crippen LogP contribution in [0.3, 0.4) is 0 Å². The average Bonchev–Trinajstić information content (AvgIpc) is 2.20. The van der Waals surface area contributed by atoms with Crippen molar-refractivity contribution in [3.8, 4) is 5.75 Å². The van der Waals surface area contributed by atoms with Crippen molar-refractivity contribution in [1.29, 1.82) is 0 Å². The van der Waals surface area contributed by atoms with E-state index in [1.165, 1.54) is 6.42 Å². The molecule has 1 aromatic rings. The van der Waals surface area contributed by atoms with Crippen LogP contribution in [0.25, 0.3) is 0 Å². The van der Waals surface area contributed by atoms with E-state index in [2.05, 4.69) is 12.2 Å². The monoisotopic (exact) mass is 227 g/mol. The molecule has 1 saturated carbocycles. The van der Waals surface area contributed by atoms with Gasteiger partial charge in [-0.1, -0.05) is 0 Å². The maximum atomic E-state index is 13.0. The third-order valence-corrected chi connectivity index (χ3v) is 3.25. The lowest BCUT2D eigenvalue weighted by Crippen LogP contribution is -2.47. The number of halogens is 2. The smallest absolute Gasteiger partial charge is 0.187 e. The van der Waals surface area contributed by atoms with Gasteiger partial charge in [0.2, 0.25) is 0 Å². The number of hydrogen-bond donors (Lipinski definition) is 2. The van der Waals surface area contributed by atoms with Gasteiger partial charge in [-0.3, -0.25) is 0 Å². The summed E-state index contributed by atoms with van der Waals surface area (Å²) in [6.07, 6.45) is 3.38. The largest absolute Gasteiger partial charge is 0.503 e. The molecule has 0 heterocycles. The summed E-state index contributed by atoms with van der Waals surface area (Å²) in [5.41, 5.74) is 0.617. The Bertz CT molecular complexity index is 379. The van der Waals surface area contributed by atoms with Crippen LogP contribution in [0.1, 0.15) is 31.7 Å². The maximum Gasteiger partial charge on any atom is 0.187 e. The highest BCUT2D eigenvalue weighted by molar-refractivity contribution is 5.30. The van der Waals surface area contributed by atoms with Crippen molar-refractivity contribution in [2.75, 3.05) is 0 Å². The molecule has 0 aromatic heterocycles. The minimum absolute atomic E-state index is 0.102. The quantitative estimate of drug-likeness (QED) is 0.832. The molecule has 2 nitrogen and oxygen atoms in total. The lowest BCUT2D eigenvalue weighted by Gasteiger charge is -2.39. The summed E-state index contributed by atoms with van der Waals surface area (Å²) in [5.74, 6) is -2.72. The van der Waals surface area contributed by atoms with Crippen molar-refractivity contribution in [1.82, 2.24) is 5.32 Å². The Hall–Kier alpha value is -1.16. The molecule has 1 aliphatic carbocycles. The zero-order valence-corrected chi connectivity index (χ0v) is 9.19. The van der Waals surface area contributed by atoms with Gasteiger partial charge in [-0.05, 0) is 43.9 Å². The van der Waals surface area contributed by atoms with E-state index in [0.29, 0.717) is 12.1 Å². The fourth-order valence-electron chi connectivity index (χ4n) is 1.92. The van der Waals surface area contributed by atoms with Crippen LogP contribution < -0.4 is 5.32 Å². The fourth-order valence-corrected chi connectivity index (χ4v) is 1.92. The first-order valence-electron chi connectivity index (χ1n) is 5.42. The summed E-state index contributed by atoms with van der Waals surface area (Å²) < 4.78 is 26.1. The number of phenolic OH excluding ortho intramolecular Hbond substituents is 1. The highest BCUT2D eigenvalue weighted by atomic mass is 19.1. The first-order valence-corrected chi connectivity index (χ1v) is 5.42. The minimum atomic E-state index is -0.907. The van der Waals surface area contributed by atoms with Crippen molar-refractivity contribution >= 4 is 0 Å². The second-order valence-electron chi connectivity index (χ2n) is 4.68. The molecule has 0 aliphatic heterocycles. The predicted octanol–water partition coefficient (Wildman–Crippen LogP) is 2.70. The van der Waals surface area contributed by atoms with Gasteiger partial charge in [-0.2, -0.15) is 0 Å². The van der Waals surface area contributed by atoms with Crippen molar-refractivity contribution in [2.45, 2.75) is 38.3 Å². The van der Waals surface area contributed by atoms with Crippen LogP contribution in [0.2, 0.25) is 0 Å². The molecule has 0 bridgehead atoms. The Labute approximate surface area is 93.3 Å². The van der Waals surface area contributed by atoms with Gasteiger partial charge in [0.1, 0.15) is 0 Å². The van der Waals surface area contributed by atoms with Crippen LogP contribution in [-0.4, -0.2) is 10.6 Å². The molecular weight excluding hydrogens is 212 g/mol. The Morgan fingerprint density at radius 3 is 2.31 bits per heavy atom. The molecule has 2 rings (SSSR count). The second kappa shape index (κ2) is 4.01. The number of phenols is 1. The third kappa shape index (κ3) is 2.16. The second-order valence-corrected chi connectivity index (χ2v) is 4.68. The lowest BCUT2D eigenvalue weighted by molar-refractivity contribution is 0.206. The van der Waals surface area contributed by atoms with Gasteiger partial charge in [0.25, 0.3) is 0 Å². The number of aromatic hydroxyl groups is 1. The van der Waals surface area contributed by atoms with E-state index in [1.54, 1.807) is 0 Å². The van der Waals surface area contributed by atoms with E-state index in [1.807, 2.05) is 0 Å². The molecular formula is C12H15F2NO. The van der Waals surface area contributed by atoms with E-state index in [-0.39, 0.29) is 5.54 Å². The summed E-state index contributed by atoms with van der Waals surface area (Å²) in [6, 6.07) is 2.32. The number of benzene rings is 1. The summed E-state index contributed by atoms with van der Waals surface area (Å²) in [4.78, 5) is 0. The van der Waals surface area contributed by atoms with Crippen molar-refractivity contribution < 1.29 is 13.9 Å². The van der Waals surface area contributed by atoms with Crippen LogP contribution in [0.5, 0.6) is 5.75 Å². The van der Waals surface area contributed by atoms with Crippen molar-refractivity contribution in [2.24, 2.45) is 0 Å². The first-order chi connectivity index (χ1) is 7.50. The zero-order valence-electron chi connectivity index (χ0n) is 9.19. The highest BCUT2D eigenvalue weighted by Gasteiger charge is 2.30. The van der Waals surface area contributed by atoms with Crippen LogP contribution in [0, 0.1) is 11.6 Å².